The number of methoxy groups -OCH3 is 2. The maximum atomic E-state index is 11.3. The number of amides is 1. The van der Waals surface area contributed by atoms with Gasteiger partial charge in [0.1, 0.15) is 0 Å². The van der Waals surface area contributed by atoms with Crippen molar-refractivity contribution in [2.45, 2.75) is 25.9 Å². The van der Waals surface area contributed by atoms with E-state index in [2.05, 4.69) is 0 Å². The Morgan fingerprint density at radius 2 is 2.10 bits per heavy atom. The average molecular weight is 279 g/mol. The van der Waals surface area contributed by atoms with E-state index in [1.807, 2.05) is 17.9 Å². The van der Waals surface area contributed by atoms with Crippen LogP contribution in [0.4, 0.5) is 5.69 Å². The van der Waals surface area contributed by atoms with Gasteiger partial charge in [-0.1, -0.05) is 0 Å². The molecule has 1 aromatic carbocycles. The fourth-order valence-corrected chi connectivity index (χ4v) is 2.62. The van der Waals surface area contributed by atoms with Crippen LogP contribution in [-0.4, -0.2) is 37.6 Å². The Kier molecular flexibility index (Phi) is 4.04. The van der Waals surface area contributed by atoms with Gasteiger partial charge in [-0.2, -0.15) is 0 Å². The minimum atomic E-state index is -0.318. The molecule has 4 N–H and O–H groups in total. The van der Waals surface area contributed by atoms with E-state index >= 15 is 0 Å². The first-order valence-electron chi connectivity index (χ1n) is 6.55. The molecule has 110 valence electrons. The van der Waals surface area contributed by atoms with Gasteiger partial charge in [0.2, 0.25) is 5.91 Å². The van der Waals surface area contributed by atoms with Crippen LogP contribution >= 0.6 is 0 Å². The average Bonchev–Trinajstić information content (AvgIpc) is 2.45. The zero-order chi connectivity index (χ0) is 14.9. The summed E-state index contributed by atoms with van der Waals surface area (Å²) in [7, 11) is 3.15. The van der Waals surface area contributed by atoms with Gasteiger partial charge in [-0.05, 0) is 30.5 Å². The lowest BCUT2D eigenvalue weighted by Gasteiger charge is -2.33. The largest absolute Gasteiger partial charge is 0.493 e. The number of nitrogens with zero attached hydrogens (tertiary/aromatic N) is 1. The van der Waals surface area contributed by atoms with E-state index in [0.717, 1.165) is 24.1 Å². The molecule has 0 fully saturated rings. The summed E-state index contributed by atoms with van der Waals surface area (Å²) in [4.78, 5) is 13.3. The first-order chi connectivity index (χ1) is 9.49. The minimum Gasteiger partial charge on any atom is -0.493 e. The minimum absolute atomic E-state index is 0.294. The third kappa shape index (κ3) is 2.38. The number of carbonyl (C=O) groups excluding carboxylic acids is 1. The zero-order valence-corrected chi connectivity index (χ0v) is 12.1. The fraction of sp³-hybridized carbons (Fsp3) is 0.500. The number of hydrogen-bond donors (Lipinski definition) is 2. The van der Waals surface area contributed by atoms with Crippen LogP contribution in [0.2, 0.25) is 0 Å². The van der Waals surface area contributed by atoms with Gasteiger partial charge in [-0.15, -0.1) is 0 Å². The molecule has 1 heterocycles. The molecule has 0 spiro atoms. The molecule has 1 unspecified atom stereocenters. The molecule has 0 bridgehead atoms. The molecule has 2 rings (SSSR count). The Bertz CT molecular complexity index is 531. The van der Waals surface area contributed by atoms with E-state index in [1.165, 1.54) is 0 Å². The van der Waals surface area contributed by atoms with E-state index < -0.39 is 0 Å². The van der Waals surface area contributed by atoms with Crippen molar-refractivity contribution in [3.8, 4) is 11.5 Å². The SMILES string of the molecule is COc1cc2c(c(N)c1OC)CCN(C(C)C(N)=O)C2. The Labute approximate surface area is 118 Å². The molecule has 0 radical (unpaired) electrons. The second kappa shape index (κ2) is 5.58. The maximum absolute atomic E-state index is 11.3. The van der Waals surface area contributed by atoms with Gasteiger partial charge < -0.3 is 20.9 Å². The van der Waals surface area contributed by atoms with Crippen LogP contribution in [0.5, 0.6) is 11.5 Å². The summed E-state index contributed by atoms with van der Waals surface area (Å²) in [6, 6.07) is 1.63. The monoisotopic (exact) mass is 279 g/mol. The van der Waals surface area contributed by atoms with Gasteiger partial charge in [0.15, 0.2) is 11.5 Å². The molecule has 0 aliphatic carbocycles. The number of rotatable bonds is 4. The number of benzene rings is 1. The third-order valence-corrected chi connectivity index (χ3v) is 3.89. The molecular weight excluding hydrogens is 258 g/mol. The number of hydrogen-bond acceptors (Lipinski definition) is 5. The number of ether oxygens (including phenoxy) is 2. The topological polar surface area (TPSA) is 90.8 Å². The molecule has 6 heteroatoms. The van der Waals surface area contributed by atoms with Crippen molar-refractivity contribution in [1.29, 1.82) is 0 Å². The second-order valence-electron chi connectivity index (χ2n) is 4.96. The van der Waals surface area contributed by atoms with E-state index in [0.29, 0.717) is 23.7 Å². The predicted molar refractivity (Wildman–Crippen MR) is 76.7 cm³/mol. The summed E-state index contributed by atoms with van der Waals surface area (Å²) < 4.78 is 10.6. The van der Waals surface area contributed by atoms with Gasteiger partial charge >= 0.3 is 0 Å². The van der Waals surface area contributed by atoms with Crippen LogP contribution in [0.1, 0.15) is 18.1 Å². The van der Waals surface area contributed by atoms with Crippen molar-refractivity contribution in [2.75, 3.05) is 26.5 Å². The van der Waals surface area contributed by atoms with Crippen LogP contribution in [0.25, 0.3) is 0 Å². The molecule has 1 amide bonds. The van der Waals surface area contributed by atoms with Crippen LogP contribution in [0.3, 0.4) is 0 Å². The molecule has 20 heavy (non-hydrogen) atoms. The van der Waals surface area contributed by atoms with Gasteiger partial charge in [0.05, 0.1) is 25.9 Å². The van der Waals surface area contributed by atoms with Crippen molar-refractivity contribution in [2.24, 2.45) is 5.73 Å². The molecule has 1 atom stereocenters. The summed E-state index contributed by atoms with van der Waals surface area (Å²) in [5.41, 5.74) is 14.3. The highest BCUT2D eigenvalue weighted by Gasteiger charge is 2.27. The van der Waals surface area contributed by atoms with Crippen molar-refractivity contribution in [3.63, 3.8) is 0 Å². The summed E-state index contributed by atoms with van der Waals surface area (Å²) >= 11 is 0. The molecule has 6 nitrogen and oxygen atoms in total. The number of carbonyl (C=O) groups is 1. The van der Waals surface area contributed by atoms with Crippen LogP contribution in [0, 0.1) is 0 Å². The smallest absolute Gasteiger partial charge is 0.234 e. The van der Waals surface area contributed by atoms with Crippen LogP contribution < -0.4 is 20.9 Å². The Balaban J connectivity index is 2.37. The fourth-order valence-electron chi connectivity index (χ4n) is 2.62. The Morgan fingerprint density at radius 1 is 1.40 bits per heavy atom. The van der Waals surface area contributed by atoms with Gasteiger partial charge in [-0.25, -0.2) is 0 Å². The predicted octanol–water partition coefficient (Wildman–Crippen LogP) is 0.518. The highest BCUT2D eigenvalue weighted by Crippen LogP contribution is 2.40. The number of nitrogens with two attached hydrogens (primary N) is 2. The lowest BCUT2D eigenvalue weighted by atomic mass is 9.95. The van der Waals surface area contributed by atoms with Gasteiger partial charge in [0, 0.05) is 13.1 Å². The molecular formula is C14H21N3O3. The van der Waals surface area contributed by atoms with Gasteiger partial charge in [0.25, 0.3) is 0 Å². The molecule has 0 saturated carbocycles. The van der Waals surface area contributed by atoms with Crippen LogP contribution in [0.15, 0.2) is 6.07 Å². The van der Waals surface area contributed by atoms with E-state index in [4.69, 9.17) is 20.9 Å². The number of primary amides is 1. The number of nitrogen functional groups attached to an aromatic ring is 1. The lowest BCUT2D eigenvalue weighted by Crippen LogP contribution is -2.45. The highest BCUT2D eigenvalue weighted by atomic mass is 16.5. The summed E-state index contributed by atoms with van der Waals surface area (Å²) in [6.07, 6.45) is 0.763. The number of anilines is 1. The molecule has 0 aromatic heterocycles. The quantitative estimate of drug-likeness (QED) is 0.784. The van der Waals surface area contributed by atoms with Crippen molar-refractivity contribution < 1.29 is 14.3 Å². The van der Waals surface area contributed by atoms with Crippen molar-refractivity contribution in [3.05, 3.63) is 17.2 Å². The first kappa shape index (κ1) is 14.5. The normalized spacial score (nSPS) is 16.4. The van der Waals surface area contributed by atoms with E-state index in [1.54, 1.807) is 14.2 Å². The highest BCUT2D eigenvalue weighted by molar-refractivity contribution is 5.79. The van der Waals surface area contributed by atoms with Crippen LogP contribution in [-0.2, 0) is 17.8 Å². The second-order valence-corrected chi connectivity index (χ2v) is 4.96. The standard InChI is InChI=1S/C14H21N3O3/c1-8(14(16)18)17-5-4-10-9(7-17)6-11(19-2)13(20-3)12(10)15/h6,8H,4-5,7,15H2,1-3H3,(H2,16,18). The molecule has 1 aliphatic rings. The summed E-state index contributed by atoms with van der Waals surface area (Å²) in [5, 5.41) is 0. The Morgan fingerprint density at radius 3 is 2.65 bits per heavy atom. The Hall–Kier alpha value is -1.95. The van der Waals surface area contributed by atoms with Gasteiger partial charge in [-0.3, -0.25) is 9.69 Å². The molecule has 1 aromatic rings. The van der Waals surface area contributed by atoms with Crippen molar-refractivity contribution in [1.82, 2.24) is 4.90 Å². The summed E-state index contributed by atoms with van der Waals surface area (Å²) in [5.74, 6) is 0.863. The summed E-state index contributed by atoms with van der Waals surface area (Å²) in [6.45, 7) is 3.19. The molecule has 0 saturated heterocycles. The van der Waals surface area contributed by atoms with Crippen molar-refractivity contribution >= 4 is 11.6 Å². The first-order valence-corrected chi connectivity index (χ1v) is 6.55. The molecule has 1 aliphatic heterocycles. The maximum Gasteiger partial charge on any atom is 0.234 e. The lowest BCUT2D eigenvalue weighted by molar-refractivity contribution is -0.123. The number of fused-ring (bicyclic) bond motifs is 1. The third-order valence-electron chi connectivity index (χ3n) is 3.89. The van der Waals surface area contributed by atoms with E-state index in [-0.39, 0.29) is 11.9 Å². The van der Waals surface area contributed by atoms with E-state index in [9.17, 15) is 4.79 Å². The zero-order valence-electron chi connectivity index (χ0n) is 12.1.